The van der Waals surface area contributed by atoms with Crippen LogP contribution in [-0.4, -0.2) is 10.9 Å². The van der Waals surface area contributed by atoms with Crippen LogP contribution in [-0.2, 0) is 6.42 Å². The van der Waals surface area contributed by atoms with E-state index in [2.05, 4.69) is 23.3 Å². The van der Waals surface area contributed by atoms with Crippen LogP contribution in [0.3, 0.4) is 0 Å². The highest BCUT2D eigenvalue weighted by molar-refractivity contribution is 7.09. The molecule has 24 heavy (non-hydrogen) atoms. The molecule has 1 heterocycles. The zero-order chi connectivity index (χ0) is 17.1. The first-order chi connectivity index (χ1) is 11.6. The third-order valence-corrected chi connectivity index (χ3v) is 4.81. The summed E-state index contributed by atoms with van der Waals surface area (Å²) >= 11 is 1.63. The van der Waals surface area contributed by atoms with Crippen molar-refractivity contribution in [3.05, 3.63) is 69.5 Å². The molecule has 1 amide bonds. The van der Waals surface area contributed by atoms with E-state index in [0.717, 1.165) is 39.5 Å². The lowest BCUT2D eigenvalue weighted by Gasteiger charge is -2.13. The van der Waals surface area contributed by atoms with Gasteiger partial charge in [0.2, 0.25) is 0 Å². The number of nitrogens with zero attached hydrogens (tertiary/aromatic N) is 1. The van der Waals surface area contributed by atoms with Crippen LogP contribution in [0.5, 0.6) is 0 Å². The number of hydrogen-bond acceptors (Lipinski definition) is 3. The van der Waals surface area contributed by atoms with E-state index in [1.54, 1.807) is 11.3 Å². The smallest absolute Gasteiger partial charge is 0.255 e. The normalized spacial score (nSPS) is 10.6. The zero-order valence-corrected chi connectivity index (χ0v) is 14.9. The van der Waals surface area contributed by atoms with Gasteiger partial charge in [0.25, 0.3) is 5.91 Å². The third-order valence-electron chi connectivity index (χ3n) is 4.04. The monoisotopic (exact) mass is 336 g/mol. The fourth-order valence-electron chi connectivity index (χ4n) is 2.68. The molecule has 122 valence electrons. The lowest BCUT2D eigenvalue weighted by molar-refractivity contribution is 0.102. The maximum Gasteiger partial charge on any atom is 0.255 e. The summed E-state index contributed by atoms with van der Waals surface area (Å²) in [6.45, 7) is 6.10. The molecule has 0 aliphatic carbocycles. The molecule has 0 unspecified atom stereocenters. The molecule has 0 atom stereocenters. The van der Waals surface area contributed by atoms with E-state index in [1.807, 2.05) is 55.6 Å². The molecule has 0 aliphatic rings. The van der Waals surface area contributed by atoms with E-state index in [0.29, 0.717) is 5.56 Å². The van der Waals surface area contributed by atoms with E-state index in [-0.39, 0.29) is 5.91 Å². The van der Waals surface area contributed by atoms with Gasteiger partial charge in [-0.1, -0.05) is 37.3 Å². The molecule has 4 heteroatoms. The topological polar surface area (TPSA) is 42.0 Å². The van der Waals surface area contributed by atoms with Crippen LogP contribution >= 0.6 is 11.3 Å². The van der Waals surface area contributed by atoms with E-state index in [9.17, 15) is 4.79 Å². The fraction of sp³-hybridized carbons (Fsp3) is 0.200. The summed E-state index contributed by atoms with van der Waals surface area (Å²) in [5.41, 5.74) is 5.79. The second kappa shape index (κ2) is 6.97. The molecule has 2 aromatic carbocycles. The molecule has 3 rings (SSSR count). The maximum atomic E-state index is 12.6. The highest BCUT2D eigenvalue weighted by Crippen LogP contribution is 2.24. The molecule has 0 bridgehead atoms. The quantitative estimate of drug-likeness (QED) is 0.708. The van der Waals surface area contributed by atoms with Crippen molar-refractivity contribution in [3.8, 4) is 11.3 Å². The Morgan fingerprint density at radius 2 is 1.88 bits per heavy atom. The minimum atomic E-state index is -0.0833. The minimum absolute atomic E-state index is 0.0833. The highest BCUT2D eigenvalue weighted by Gasteiger charge is 2.11. The van der Waals surface area contributed by atoms with Gasteiger partial charge in [-0.15, -0.1) is 11.3 Å². The molecule has 1 aromatic heterocycles. The van der Waals surface area contributed by atoms with Crippen molar-refractivity contribution in [2.75, 3.05) is 5.32 Å². The molecular weight excluding hydrogens is 316 g/mol. The lowest BCUT2D eigenvalue weighted by atomic mass is 10.0. The molecule has 3 nitrogen and oxygen atoms in total. The molecule has 0 spiro atoms. The summed E-state index contributed by atoms with van der Waals surface area (Å²) in [6, 6.07) is 13.7. The molecule has 0 saturated carbocycles. The van der Waals surface area contributed by atoms with Gasteiger partial charge in [0.05, 0.1) is 10.7 Å². The van der Waals surface area contributed by atoms with Gasteiger partial charge in [0.15, 0.2) is 0 Å². The minimum Gasteiger partial charge on any atom is -0.321 e. The van der Waals surface area contributed by atoms with Gasteiger partial charge in [-0.05, 0) is 43.5 Å². The summed E-state index contributed by atoms with van der Waals surface area (Å²) in [7, 11) is 0. The van der Waals surface area contributed by atoms with Crippen molar-refractivity contribution in [1.82, 2.24) is 4.98 Å². The maximum absolute atomic E-state index is 12.6. The molecule has 0 radical (unpaired) electrons. The average Bonchev–Trinajstić information content (AvgIpc) is 3.03. The van der Waals surface area contributed by atoms with Crippen LogP contribution in [0.2, 0.25) is 0 Å². The van der Waals surface area contributed by atoms with Gasteiger partial charge in [-0.3, -0.25) is 4.79 Å². The fourth-order valence-corrected chi connectivity index (χ4v) is 3.30. The predicted molar refractivity (Wildman–Crippen MR) is 101 cm³/mol. The number of benzene rings is 2. The number of nitrogens with one attached hydrogen (secondary N) is 1. The van der Waals surface area contributed by atoms with Crippen LogP contribution in [0, 0.1) is 13.8 Å². The Bertz CT molecular complexity index is 866. The Morgan fingerprint density at radius 1 is 1.12 bits per heavy atom. The first kappa shape index (κ1) is 16.4. The highest BCUT2D eigenvalue weighted by atomic mass is 32.1. The van der Waals surface area contributed by atoms with Crippen LogP contribution < -0.4 is 5.32 Å². The number of aryl methyl sites for hydroxylation is 3. The number of carbonyl (C=O) groups is 1. The summed E-state index contributed by atoms with van der Waals surface area (Å²) in [5.74, 6) is -0.0833. The number of thiazole rings is 1. The van der Waals surface area contributed by atoms with Gasteiger partial charge in [-0.25, -0.2) is 4.98 Å². The SMILES string of the molecule is CCc1cccc(C)c1NC(=O)c1ccc(-c2csc(C)n2)cc1. The van der Waals surface area contributed by atoms with E-state index in [4.69, 9.17) is 0 Å². The van der Waals surface area contributed by atoms with Crippen molar-refractivity contribution in [1.29, 1.82) is 0 Å². The Balaban J connectivity index is 1.81. The predicted octanol–water partition coefficient (Wildman–Crippen LogP) is 5.24. The van der Waals surface area contributed by atoms with Crippen LogP contribution in [0.4, 0.5) is 5.69 Å². The van der Waals surface area contributed by atoms with Crippen molar-refractivity contribution in [3.63, 3.8) is 0 Å². The Morgan fingerprint density at radius 3 is 2.50 bits per heavy atom. The molecule has 0 saturated heterocycles. The number of aromatic nitrogens is 1. The number of anilines is 1. The van der Waals surface area contributed by atoms with E-state index in [1.165, 1.54) is 0 Å². The van der Waals surface area contributed by atoms with Crippen molar-refractivity contribution in [2.45, 2.75) is 27.2 Å². The average molecular weight is 336 g/mol. The Labute approximate surface area is 146 Å². The number of para-hydroxylation sites is 1. The van der Waals surface area contributed by atoms with Crippen molar-refractivity contribution in [2.24, 2.45) is 0 Å². The molecule has 0 fully saturated rings. The summed E-state index contributed by atoms with van der Waals surface area (Å²) in [5, 5.41) is 6.13. The standard InChI is InChI=1S/C20H20N2OS/c1-4-15-7-5-6-13(2)19(15)22-20(23)17-10-8-16(9-11-17)18-12-24-14(3)21-18/h5-12H,4H2,1-3H3,(H,22,23). The van der Waals surface area contributed by atoms with Gasteiger partial charge >= 0.3 is 0 Å². The first-order valence-electron chi connectivity index (χ1n) is 8.01. The second-order valence-electron chi connectivity index (χ2n) is 5.75. The zero-order valence-electron chi connectivity index (χ0n) is 14.1. The summed E-state index contributed by atoms with van der Waals surface area (Å²) in [6.07, 6.45) is 0.888. The van der Waals surface area contributed by atoms with Crippen LogP contribution in [0.15, 0.2) is 47.8 Å². The van der Waals surface area contributed by atoms with Crippen LogP contribution in [0.25, 0.3) is 11.3 Å². The second-order valence-corrected chi connectivity index (χ2v) is 6.81. The summed E-state index contributed by atoms with van der Waals surface area (Å²) in [4.78, 5) is 17.0. The van der Waals surface area contributed by atoms with Crippen molar-refractivity contribution < 1.29 is 4.79 Å². The number of carbonyl (C=O) groups excluding carboxylic acids is 1. The van der Waals surface area contributed by atoms with Gasteiger partial charge in [-0.2, -0.15) is 0 Å². The van der Waals surface area contributed by atoms with E-state index >= 15 is 0 Å². The molecule has 1 N–H and O–H groups in total. The largest absolute Gasteiger partial charge is 0.321 e. The number of hydrogen-bond donors (Lipinski definition) is 1. The van der Waals surface area contributed by atoms with Crippen molar-refractivity contribution >= 4 is 22.9 Å². The third kappa shape index (κ3) is 3.39. The first-order valence-corrected chi connectivity index (χ1v) is 8.89. The molecule has 0 aliphatic heterocycles. The molecule has 3 aromatic rings. The van der Waals surface area contributed by atoms with Gasteiger partial charge < -0.3 is 5.32 Å². The summed E-state index contributed by atoms with van der Waals surface area (Å²) < 4.78 is 0. The Hall–Kier alpha value is -2.46. The van der Waals surface area contributed by atoms with Gasteiger partial charge in [0, 0.05) is 22.2 Å². The number of rotatable bonds is 4. The lowest BCUT2D eigenvalue weighted by Crippen LogP contribution is -2.14. The van der Waals surface area contributed by atoms with Gasteiger partial charge in [0.1, 0.15) is 0 Å². The number of amides is 1. The molecular formula is C20H20N2OS. The van der Waals surface area contributed by atoms with Crippen LogP contribution in [0.1, 0.15) is 33.4 Å². The van der Waals surface area contributed by atoms with E-state index < -0.39 is 0 Å². The Kier molecular flexibility index (Phi) is 4.76.